The van der Waals surface area contributed by atoms with Gasteiger partial charge in [0.15, 0.2) is 0 Å². The molecule has 3 rings (SSSR count). The number of aromatic nitrogens is 4. The first-order valence-corrected chi connectivity index (χ1v) is 11.9. The monoisotopic (exact) mass is 435 g/mol. The van der Waals surface area contributed by atoms with Gasteiger partial charge in [-0.3, -0.25) is 0 Å². The van der Waals surface area contributed by atoms with Crippen LogP contribution >= 0.6 is 0 Å². The molecular formula is C20H33N7O2S. The molecule has 1 fully saturated rings. The molecule has 0 saturated heterocycles. The van der Waals surface area contributed by atoms with Crippen LogP contribution in [0.25, 0.3) is 0 Å². The highest BCUT2D eigenvalue weighted by atomic mass is 32.2. The van der Waals surface area contributed by atoms with Crippen molar-refractivity contribution in [3.8, 4) is 0 Å². The van der Waals surface area contributed by atoms with Gasteiger partial charge in [0.25, 0.3) is 0 Å². The summed E-state index contributed by atoms with van der Waals surface area (Å²) in [6.45, 7) is 2.85. The molecule has 10 heteroatoms. The highest BCUT2D eigenvalue weighted by Crippen LogP contribution is 2.27. The second-order valence-corrected chi connectivity index (χ2v) is 10.1. The standard InChI is InChI=1S/C20H33N7O2S/c1-15-5-10-18(30(28,29)23-12-11-19-25-22-14-27(19)4)20(24-15)21-13-16-6-8-17(9-7-16)26(2)3/h5,10,14,16-17,23H,6-9,11-13H2,1-4H3,(H,21,24). The number of sulfonamides is 1. The van der Waals surface area contributed by atoms with E-state index >= 15 is 0 Å². The summed E-state index contributed by atoms with van der Waals surface area (Å²) in [7, 11) is 2.42. The number of aryl methyl sites for hydroxylation is 2. The van der Waals surface area contributed by atoms with Crippen LogP contribution in [0.4, 0.5) is 5.82 Å². The van der Waals surface area contributed by atoms with Gasteiger partial charge in [0.2, 0.25) is 10.0 Å². The Balaban J connectivity index is 1.62. The van der Waals surface area contributed by atoms with Crippen LogP contribution in [-0.4, -0.2) is 66.3 Å². The Bertz CT molecular complexity index is 934. The highest BCUT2D eigenvalue weighted by molar-refractivity contribution is 7.89. The van der Waals surface area contributed by atoms with Crippen molar-refractivity contribution in [1.29, 1.82) is 0 Å². The Labute approximate surface area is 179 Å². The third-order valence-electron chi connectivity index (χ3n) is 5.84. The van der Waals surface area contributed by atoms with Gasteiger partial charge in [-0.1, -0.05) is 0 Å². The van der Waals surface area contributed by atoms with Gasteiger partial charge in [-0.15, -0.1) is 10.2 Å². The summed E-state index contributed by atoms with van der Waals surface area (Å²) >= 11 is 0. The molecule has 0 amide bonds. The normalized spacial score (nSPS) is 19.9. The maximum atomic E-state index is 12.9. The number of pyridine rings is 1. The van der Waals surface area contributed by atoms with Crippen molar-refractivity contribution in [3.05, 3.63) is 30.0 Å². The van der Waals surface area contributed by atoms with Crippen molar-refractivity contribution in [3.63, 3.8) is 0 Å². The minimum absolute atomic E-state index is 0.188. The van der Waals surface area contributed by atoms with E-state index in [1.807, 2.05) is 14.0 Å². The first kappa shape index (κ1) is 22.6. The summed E-state index contributed by atoms with van der Waals surface area (Å²) in [5.41, 5.74) is 0.784. The molecule has 2 heterocycles. The summed E-state index contributed by atoms with van der Waals surface area (Å²) in [4.78, 5) is 6.96. The van der Waals surface area contributed by atoms with Crippen LogP contribution < -0.4 is 10.0 Å². The molecule has 1 aliphatic carbocycles. The lowest BCUT2D eigenvalue weighted by molar-refractivity contribution is 0.198. The van der Waals surface area contributed by atoms with E-state index in [1.165, 1.54) is 12.8 Å². The molecule has 1 aliphatic rings. The van der Waals surface area contributed by atoms with Crippen LogP contribution in [-0.2, 0) is 23.5 Å². The second-order valence-electron chi connectivity index (χ2n) is 8.32. The number of nitrogens with one attached hydrogen (secondary N) is 2. The first-order valence-electron chi connectivity index (χ1n) is 10.5. The topological polar surface area (TPSA) is 105 Å². The molecule has 0 bridgehead atoms. The van der Waals surface area contributed by atoms with Crippen molar-refractivity contribution >= 4 is 15.8 Å². The lowest BCUT2D eigenvalue weighted by Gasteiger charge is -2.32. The molecule has 166 valence electrons. The minimum Gasteiger partial charge on any atom is -0.369 e. The molecule has 2 N–H and O–H groups in total. The summed E-state index contributed by atoms with van der Waals surface area (Å²) in [5.74, 6) is 1.69. The zero-order chi connectivity index (χ0) is 21.7. The van der Waals surface area contributed by atoms with Crippen molar-refractivity contribution in [2.45, 2.75) is 50.0 Å². The van der Waals surface area contributed by atoms with Gasteiger partial charge >= 0.3 is 0 Å². The van der Waals surface area contributed by atoms with Crippen molar-refractivity contribution in [1.82, 2.24) is 29.4 Å². The fourth-order valence-electron chi connectivity index (χ4n) is 3.90. The third-order valence-corrected chi connectivity index (χ3v) is 7.33. The first-order chi connectivity index (χ1) is 14.3. The number of hydrogen-bond donors (Lipinski definition) is 2. The lowest BCUT2D eigenvalue weighted by atomic mass is 9.85. The average Bonchev–Trinajstić information content (AvgIpc) is 3.11. The minimum atomic E-state index is -3.69. The molecule has 0 unspecified atom stereocenters. The van der Waals surface area contributed by atoms with Gasteiger partial charge in [0.05, 0.1) is 0 Å². The van der Waals surface area contributed by atoms with E-state index in [-0.39, 0.29) is 11.4 Å². The average molecular weight is 436 g/mol. The predicted molar refractivity (Wildman–Crippen MR) is 117 cm³/mol. The van der Waals surface area contributed by atoms with Gasteiger partial charge in [0.1, 0.15) is 22.9 Å². The SMILES string of the molecule is Cc1ccc(S(=O)(=O)NCCc2nncn2C)c(NCC2CCC(N(C)C)CC2)n1. The van der Waals surface area contributed by atoms with E-state index in [0.717, 1.165) is 30.9 Å². The van der Waals surface area contributed by atoms with Crippen molar-refractivity contribution in [2.24, 2.45) is 13.0 Å². The van der Waals surface area contributed by atoms with E-state index in [2.05, 4.69) is 44.2 Å². The van der Waals surface area contributed by atoms with Gasteiger partial charge in [-0.2, -0.15) is 0 Å². The predicted octanol–water partition coefficient (Wildman–Crippen LogP) is 1.57. The Kier molecular flexibility index (Phi) is 7.43. The zero-order valence-electron chi connectivity index (χ0n) is 18.3. The Morgan fingerprint density at radius 3 is 2.57 bits per heavy atom. The number of nitrogens with zero attached hydrogens (tertiary/aromatic N) is 5. The van der Waals surface area contributed by atoms with Crippen LogP contribution in [0.3, 0.4) is 0 Å². The van der Waals surface area contributed by atoms with E-state index in [4.69, 9.17) is 0 Å². The third kappa shape index (κ3) is 5.77. The molecule has 2 aromatic rings. The van der Waals surface area contributed by atoms with Gasteiger partial charge in [0, 0.05) is 38.3 Å². The zero-order valence-corrected chi connectivity index (χ0v) is 19.1. The molecule has 0 atom stereocenters. The molecule has 0 radical (unpaired) electrons. The fraction of sp³-hybridized carbons (Fsp3) is 0.650. The Hall–Kier alpha value is -2.04. The second kappa shape index (κ2) is 9.84. The Morgan fingerprint density at radius 2 is 1.93 bits per heavy atom. The number of anilines is 1. The molecule has 0 aliphatic heterocycles. The maximum absolute atomic E-state index is 12.9. The number of hydrogen-bond acceptors (Lipinski definition) is 7. The maximum Gasteiger partial charge on any atom is 0.244 e. The van der Waals surface area contributed by atoms with Crippen LogP contribution in [0.2, 0.25) is 0 Å². The molecule has 0 spiro atoms. The molecule has 30 heavy (non-hydrogen) atoms. The quantitative estimate of drug-likeness (QED) is 0.616. The molecule has 9 nitrogen and oxygen atoms in total. The van der Waals surface area contributed by atoms with E-state index in [1.54, 1.807) is 23.0 Å². The molecule has 2 aromatic heterocycles. The van der Waals surface area contributed by atoms with E-state index in [0.29, 0.717) is 24.2 Å². The molecular weight excluding hydrogens is 402 g/mol. The summed E-state index contributed by atoms with van der Waals surface area (Å²) in [6, 6.07) is 4.00. The summed E-state index contributed by atoms with van der Waals surface area (Å²) in [5, 5.41) is 11.1. The van der Waals surface area contributed by atoms with Crippen LogP contribution in [0.5, 0.6) is 0 Å². The van der Waals surface area contributed by atoms with Gasteiger partial charge in [-0.25, -0.2) is 18.1 Å². The van der Waals surface area contributed by atoms with E-state index < -0.39 is 10.0 Å². The van der Waals surface area contributed by atoms with E-state index in [9.17, 15) is 8.42 Å². The van der Waals surface area contributed by atoms with Crippen LogP contribution in [0, 0.1) is 12.8 Å². The smallest absolute Gasteiger partial charge is 0.244 e. The lowest BCUT2D eigenvalue weighted by Crippen LogP contribution is -2.34. The van der Waals surface area contributed by atoms with Crippen molar-refractivity contribution in [2.75, 3.05) is 32.5 Å². The van der Waals surface area contributed by atoms with Gasteiger partial charge in [-0.05, 0) is 64.8 Å². The largest absolute Gasteiger partial charge is 0.369 e. The highest BCUT2D eigenvalue weighted by Gasteiger charge is 2.24. The van der Waals surface area contributed by atoms with Crippen LogP contribution in [0.1, 0.15) is 37.2 Å². The fourth-order valence-corrected chi connectivity index (χ4v) is 5.05. The summed E-state index contributed by atoms with van der Waals surface area (Å²) < 4.78 is 30.3. The number of rotatable bonds is 9. The Morgan fingerprint density at radius 1 is 1.20 bits per heavy atom. The summed E-state index contributed by atoms with van der Waals surface area (Å²) in [6.07, 6.45) is 6.69. The molecule has 0 aromatic carbocycles. The van der Waals surface area contributed by atoms with Crippen molar-refractivity contribution < 1.29 is 8.42 Å². The molecule has 1 saturated carbocycles. The van der Waals surface area contributed by atoms with Crippen LogP contribution in [0.15, 0.2) is 23.4 Å². The van der Waals surface area contributed by atoms with Gasteiger partial charge < -0.3 is 14.8 Å².